The molecule has 0 aliphatic carbocycles. The number of hydrogen-bond acceptors (Lipinski definition) is 2. The molecule has 13 heavy (non-hydrogen) atoms. The third-order valence-corrected chi connectivity index (χ3v) is 1.66. The lowest BCUT2D eigenvalue weighted by Crippen LogP contribution is -1.93. The Hall–Kier alpha value is -1.48. The van der Waals surface area contributed by atoms with Crippen LogP contribution in [0.3, 0.4) is 0 Å². The maximum atomic E-state index is 8.73. The minimum absolute atomic E-state index is 0.285. The summed E-state index contributed by atoms with van der Waals surface area (Å²) in [7, 11) is 0. The lowest BCUT2D eigenvalue weighted by molar-refractivity contribution is 1.30. The number of hydrogen-bond donors (Lipinski definition) is 1. The van der Waals surface area contributed by atoms with Crippen LogP contribution in [0.15, 0.2) is 18.2 Å². The van der Waals surface area contributed by atoms with Crippen LogP contribution in [0, 0.1) is 23.2 Å². The van der Waals surface area contributed by atoms with Crippen molar-refractivity contribution in [1.29, 1.82) is 5.26 Å². The Morgan fingerprint density at radius 1 is 1.38 bits per heavy atom. The SMILES string of the molecule is N#Cc1cc(Cl)ccc1C#CCN. The topological polar surface area (TPSA) is 49.8 Å². The molecule has 2 nitrogen and oxygen atoms in total. The summed E-state index contributed by atoms with van der Waals surface area (Å²) in [5.41, 5.74) is 6.36. The Morgan fingerprint density at radius 2 is 2.15 bits per heavy atom. The number of nitrogens with two attached hydrogens (primary N) is 1. The summed E-state index contributed by atoms with van der Waals surface area (Å²) in [5, 5.41) is 9.27. The van der Waals surface area contributed by atoms with E-state index in [0.717, 1.165) is 0 Å². The van der Waals surface area contributed by atoms with Crippen LogP contribution in [-0.2, 0) is 0 Å². The van der Waals surface area contributed by atoms with Gasteiger partial charge in [-0.15, -0.1) is 0 Å². The fourth-order valence-corrected chi connectivity index (χ4v) is 1.04. The van der Waals surface area contributed by atoms with Crippen LogP contribution in [0.25, 0.3) is 0 Å². The molecule has 0 heterocycles. The van der Waals surface area contributed by atoms with Gasteiger partial charge in [0.15, 0.2) is 0 Å². The number of rotatable bonds is 0. The normalized spacial score (nSPS) is 8.38. The van der Waals surface area contributed by atoms with Crippen molar-refractivity contribution < 1.29 is 0 Å². The van der Waals surface area contributed by atoms with E-state index < -0.39 is 0 Å². The second-order valence-corrected chi connectivity index (χ2v) is 2.74. The minimum Gasteiger partial charge on any atom is -0.320 e. The Morgan fingerprint density at radius 3 is 2.77 bits per heavy atom. The van der Waals surface area contributed by atoms with Crippen LogP contribution in [0.5, 0.6) is 0 Å². The Bertz CT molecular complexity index is 407. The zero-order chi connectivity index (χ0) is 9.68. The molecular weight excluding hydrogens is 184 g/mol. The summed E-state index contributed by atoms with van der Waals surface area (Å²) in [6.07, 6.45) is 0. The standard InChI is InChI=1S/C10H7ClN2/c11-10-4-3-8(2-1-5-12)9(6-10)7-13/h3-4,6H,5,12H2. The van der Waals surface area contributed by atoms with Crippen molar-refractivity contribution in [3.63, 3.8) is 0 Å². The van der Waals surface area contributed by atoms with Crippen molar-refractivity contribution in [2.75, 3.05) is 6.54 Å². The smallest absolute Gasteiger partial charge is 0.100 e. The van der Waals surface area contributed by atoms with Gasteiger partial charge >= 0.3 is 0 Å². The predicted octanol–water partition coefficient (Wildman–Crippen LogP) is 1.52. The first kappa shape index (κ1) is 9.61. The number of nitrogens with zero attached hydrogens (tertiary/aromatic N) is 1. The van der Waals surface area contributed by atoms with Gasteiger partial charge in [-0.25, -0.2) is 0 Å². The summed E-state index contributed by atoms with van der Waals surface area (Å²) in [4.78, 5) is 0. The van der Waals surface area contributed by atoms with Crippen LogP contribution in [0.2, 0.25) is 5.02 Å². The monoisotopic (exact) mass is 190 g/mol. The first-order chi connectivity index (χ1) is 6.27. The van der Waals surface area contributed by atoms with Crippen molar-refractivity contribution >= 4 is 11.6 Å². The molecule has 0 radical (unpaired) electrons. The highest BCUT2D eigenvalue weighted by Gasteiger charge is 1.98. The first-order valence-electron chi connectivity index (χ1n) is 3.66. The van der Waals surface area contributed by atoms with E-state index in [-0.39, 0.29) is 6.54 Å². The van der Waals surface area contributed by atoms with Gasteiger partial charge in [-0.3, -0.25) is 0 Å². The van der Waals surface area contributed by atoms with Gasteiger partial charge in [0.1, 0.15) is 6.07 Å². The molecule has 64 valence electrons. The average molecular weight is 191 g/mol. The fraction of sp³-hybridized carbons (Fsp3) is 0.100. The summed E-state index contributed by atoms with van der Waals surface area (Å²) in [6.45, 7) is 0.285. The summed E-state index contributed by atoms with van der Waals surface area (Å²) < 4.78 is 0. The number of benzene rings is 1. The van der Waals surface area contributed by atoms with Crippen LogP contribution in [0.1, 0.15) is 11.1 Å². The Balaban J connectivity index is 3.16. The molecule has 1 aromatic rings. The largest absolute Gasteiger partial charge is 0.320 e. The molecule has 0 aliphatic rings. The third kappa shape index (κ3) is 2.49. The summed E-state index contributed by atoms with van der Waals surface area (Å²) >= 11 is 5.71. The van der Waals surface area contributed by atoms with Gasteiger partial charge < -0.3 is 5.73 Å². The van der Waals surface area contributed by atoms with Gasteiger partial charge in [-0.2, -0.15) is 5.26 Å². The van der Waals surface area contributed by atoms with Gasteiger partial charge in [0.05, 0.1) is 12.1 Å². The van der Waals surface area contributed by atoms with Gasteiger partial charge in [-0.1, -0.05) is 23.4 Å². The van der Waals surface area contributed by atoms with Crippen LogP contribution in [0.4, 0.5) is 0 Å². The van der Waals surface area contributed by atoms with Crippen LogP contribution in [-0.4, -0.2) is 6.54 Å². The molecule has 0 bridgehead atoms. The Kier molecular flexibility index (Phi) is 3.34. The van der Waals surface area contributed by atoms with Crippen LogP contribution >= 0.6 is 11.6 Å². The molecule has 0 atom stereocenters. The van der Waals surface area contributed by atoms with E-state index in [9.17, 15) is 0 Å². The van der Waals surface area contributed by atoms with Crippen molar-refractivity contribution in [1.82, 2.24) is 0 Å². The molecule has 1 rings (SSSR count). The molecule has 0 saturated carbocycles. The fourth-order valence-electron chi connectivity index (χ4n) is 0.864. The van der Waals surface area contributed by atoms with Crippen molar-refractivity contribution in [3.05, 3.63) is 34.3 Å². The second-order valence-electron chi connectivity index (χ2n) is 2.31. The van der Waals surface area contributed by atoms with Crippen LogP contribution < -0.4 is 5.73 Å². The van der Waals surface area contributed by atoms with E-state index in [1.54, 1.807) is 18.2 Å². The van der Waals surface area contributed by atoms with E-state index in [4.69, 9.17) is 22.6 Å². The molecule has 1 aromatic carbocycles. The quantitative estimate of drug-likeness (QED) is 0.631. The van der Waals surface area contributed by atoms with Crippen molar-refractivity contribution in [2.45, 2.75) is 0 Å². The second kappa shape index (κ2) is 4.52. The van der Waals surface area contributed by atoms with Gasteiger partial charge in [-0.05, 0) is 18.2 Å². The number of nitriles is 1. The maximum absolute atomic E-state index is 8.73. The molecule has 0 unspecified atom stereocenters. The summed E-state index contributed by atoms with van der Waals surface area (Å²) in [6, 6.07) is 7.01. The minimum atomic E-state index is 0.285. The number of halogens is 1. The lowest BCUT2D eigenvalue weighted by atomic mass is 10.1. The van der Waals surface area contributed by atoms with E-state index >= 15 is 0 Å². The molecular formula is C10H7ClN2. The highest BCUT2D eigenvalue weighted by Crippen LogP contribution is 2.14. The highest BCUT2D eigenvalue weighted by atomic mass is 35.5. The van der Waals surface area contributed by atoms with Crippen molar-refractivity contribution in [2.24, 2.45) is 5.73 Å². The van der Waals surface area contributed by atoms with E-state index in [2.05, 4.69) is 11.8 Å². The maximum Gasteiger partial charge on any atom is 0.100 e. The molecule has 3 heteroatoms. The molecule has 0 amide bonds. The highest BCUT2D eigenvalue weighted by molar-refractivity contribution is 6.30. The zero-order valence-corrected chi connectivity index (χ0v) is 7.60. The Labute approximate surface area is 81.9 Å². The lowest BCUT2D eigenvalue weighted by Gasteiger charge is -1.94. The van der Waals surface area contributed by atoms with Gasteiger partial charge in [0, 0.05) is 10.6 Å². The van der Waals surface area contributed by atoms with E-state index in [1.807, 2.05) is 6.07 Å². The average Bonchev–Trinajstić information content (AvgIpc) is 2.16. The zero-order valence-electron chi connectivity index (χ0n) is 6.84. The first-order valence-corrected chi connectivity index (χ1v) is 4.04. The molecule has 0 saturated heterocycles. The van der Waals surface area contributed by atoms with E-state index in [0.29, 0.717) is 16.1 Å². The van der Waals surface area contributed by atoms with Crippen molar-refractivity contribution in [3.8, 4) is 17.9 Å². The molecule has 0 spiro atoms. The predicted molar refractivity (Wildman–Crippen MR) is 52.1 cm³/mol. The van der Waals surface area contributed by atoms with E-state index in [1.165, 1.54) is 0 Å². The summed E-state index contributed by atoms with van der Waals surface area (Å²) in [5.74, 6) is 5.48. The molecule has 2 N–H and O–H groups in total. The molecule has 0 fully saturated rings. The molecule has 0 aliphatic heterocycles. The van der Waals surface area contributed by atoms with Gasteiger partial charge in [0.25, 0.3) is 0 Å². The molecule has 0 aromatic heterocycles. The van der Waals surface area contributed by atoms with Gasteiger partial charge in [0.2, 0.25) is 0 Å². The third-order valence-electron chi connectivity index (χ3n) is 1.43.